The van der Waals surface area contributed by atoms with E-state index >= 15 is 0 Å². The Morgan fingerprint density at radius 2 is 2.33 bits per heavy atom. The van der Waals surface area contributed by atoms with Gasteiger partial charge in [0.1, 0.15) is 0 Å². The van der Waals surface area contributed by atoms with Crippen LogP contribution in [0, 0.1) is 5.21 Å². The van der Waals surface area contributed by atoms with Crippen molar-refractivity contribution in [3.05, 3.63) is 5.21 Å². The first kappa shape index (κ1) is 6.99. The molecule has 0 amide bonds. The zero-order valence-electron chi connectivity index (χ0n) is 5.84. The van der Waals surface area contributed by atoms with E-state index in [9.17, 15) is 5.21 Å². The minimum absolute atomic E-state index is 0.483. The highest BCUT2D eigenvalue weighted by atomic mass is 16.5. The second-order valence-corrected chi connectivity index (χ2v) is 2.69. The second kappa shape index (κ2) is 3.15. The van der Waals surface area contributed by atoms with E-state index in [1.165, 1.54) is 19.3 Å². The van der Waals surface area contributed by atoms with Gasteiger partial charge in [0, 0.05) is 6.54 Å². The molecule has 1 atom stereocenters. The van der Waals surface area contributed by atoms with Crippen molar-refractivity contribution in [2.24, 2.45) is 0 Å². The van der Waals surface area contributed by atoms with Crippen molar-refractivity contribution >= 4 is 0 Å². The summed E-state index contributed by atoms with van der Waals surface area (Å²) in [4.78, 5) is 0. The molecule has 0 bridgehead atoms. The molecule has 1 aliphatic heterocycles. The maximum Gasteiger partial charge on any atom is 0.0560 e. The van der Waals surface area contributed by atoms with Crippen LogP contribution in [0.1, 0.15) is 26.2 Å². The van der Waals surface area contributed by atoms with Crippen LogP contribution in [0.2, 0.25) is 0 Å². The Hall–Kier alpha value is -0.120. The molecule has 1 fully saturated rings. The van der Waals surface area contributed by atoms with E-state index in [0.29, 0.717) is 6.04 Å². The maximum atomic E-state index is 10.3. The van der Waals surface area contributed by atoms with E-state index in [4.69, 9.17) is 0 Å². The molecule has 54 valence electrons. The molecule has 0 aromatic rings. The summed E-state index contributed by atoms with van der Waals surface area (Å²) in [5.74, 6) is 0. The molecule has 1 aliphatic rings. The highest BCUT2D eigenvalue weighted by Crippen LogP contribution is 2.10. The quantitative estimate of drug-likeness (QED) is 0.396. The molecule has 0 aliphatic carbocycles. The van der Waals surface area contributed by atoms with Gasteiger partial charge in [-0.05, 0) is 19.8 Å². The van der Waals surface area contributed by atoms with Gasteiger partial charge in [-0.15, -0.1) is 0 Å². The summed E-state index contributed by atoms with van der Waals surface area (Å²) < 4.78 is 0. The molecular weight excluding hydrogens is 116 g/mol. The number of nitrogens with zero attached hydrogens (tertiary/aromatic N) is 1. The third kappa shape index (κ3) is 1.64. The van der Waals surface area contributed by atoms with Crippen molar-refractivity contribution in [2.45, 2.75) is 32.2 Å². The van der Waals surface area contributed by atoms with Crippen LogP contribution in [-0.2, 0) is 0 Å². The molecular formula is C6H14N2O. The fraction of sp³-hybridized carbons (Fsp3) is 1.00. The molecule has 2 N–H and O–H groups in total. The van der Waals surface area contributed by atoms with Gasteiger partial charge in [-0.3, -0.25) is 0 Å². The Labute approximate surface area is 55.6 Å². The van der Waals surface area contributed by atoms with Crippen molar-refractivity contribution in [1.82, 2.24) is 5.01 Å². The van der Waals surface area contributed by atoms with Crippen LogP contribution < -0.4 is 5.59 Å². The molecule has 0 spiro atoms. The van der Waals surface area contributed by atoms with E-state index in [0.717, 1.165) is 12.1 Å². The number of quaternary nitrogens is 1. The molecule has 1 unspecified atom stereocenters. The highest BCUT2D eigenvalue weighted by molar-refractivity contribution is 4.64. The Morgan fingerprint density at radius 3 is 2.78 bits per heavy atom. The Bertz CT molecular complexity index is 87.1. The molecule has 3 heteroatoms. The van der Waals surface area contributed by atoms with Crippen LogP contribution in [0.25, 0.3) is 0 Å². The van der Waals surface area contributed by atoms with Crippen LogP contribution in [0.4, 0.5) is 0 Å². The van der Waals surface area contributed by atoms with Crippen LogP contribution in [-0.4, -0.2) is 17.6 Å². The van der Waals surface area contributed by atoms with Crippen molar-refractivity contribution in [3.63, 3.8) is 0 Å². The minimum Gasteiger partial charge on any atom is -0.614 e. The first-order valence-corrected chi connectivity index (χ1v) is 3.55. The van der Waals surface area contributed by atoms with Gasteiger partial charge in [0.05, 0.1) is 6.04 Å². The van der Waals surface area contributed by atoms with Gasteiger partial charge in [0.25, 0.3) is 0 Å². The van der Waals surface area contributed by atoms with E-state index < -0.39 is 0 Å². The topological polar surface area (TPSA) is 42.9 Å². The number of hydrogen-bond donors (Lipinski definition) is 1. The monoisotopic (exact) mass is 130 g/mol. The summed E-state index contributed by atoms with van der Waals surface area (Å²) in [6.07, 6.45) is 3.65. The summed E-state index contributed by atoms with van der Waals surface area (Å²) in [7, 11) is 0. The fourth-order valence-electron chi connectivity index (χ4n) is 1.28. The van der Waals surface area contributed by atoms with Gasteiger partial charge in [-0.25, -0.2) is 0 Å². The van der Waals surface area contributed by atoms with E-state index in [2.05, 4.69) is 6.92 Å². The van der Waals surface area contributed by atoms with Gasteiger partial charge in [-0.1, -0.05) is 6.42 Å². The maximum absolute atomic E-state index is 10.3. The van der Waals surface area contributed by atoms with E-state index in [1.54, 1.807) is 0 Å². The van der Waals surface area contributed by atoms with Gasteiger partial charge in [0.15, 0.2) is 0 Å². The number of rotatable bonds is 1. The lowest BCUT2D eigenvalue weighted by atomic mass is 10.1. The molecule has 0 aromatic heterocycles. The predicted molar refractivity (Wildman–Crippen MR) is 35.3 cm³/mol. The van der Waals surface area contributed by atoms with Crippen molar-refractivity contribution in [1.29, 1.82) is 0 Å². The molecule has 1 heterocycles. The first-order chi connectivity index (χ1) is 4.34. The summed E-state index contributed by atoms with van der Waals surface area (Å²) in [5.41, 5.74) is 0.962. The summed E-state index contributed by atoms with van der Waals surface area (Å²) in [5, 5.41) is 12.2. The van der Waals surface area contributed by atoms with Crippen LogP contribution in [0.3, 0.4) is 0 Å². The predicted octanol–water partition coefficient (Wildman–Crippen LogP) is -0.163. The second-order valence-electron chi connectivity index (χ2n) is 2.69. The third-order valence-electron chi connectivity index (χ3n) is 1.99. The molecule has 1 rings (SSSR count). The average Bonchev–Trinajstić information content (AvgIpc) is 1.89. The zero-order chi connectivity index (χ0) is 6.69. The largest absolute Gasteiger partial charge is 0.614 e. The lowest BCUT2D eigenvalue weighted by Crippen LogP contribution is -2.90. The van der Waals surface area contributed by atoms with Crippen molar-refractivity contribution in [3.8, 4) is 0 Å². The zero-order valence-corrected chi connectivity index (χ0v) is 5.84. The summed E-state index contributed by atoms with van der Waals surface area (Å²) >= 11 is 0. The highest BCUT2D eigenvalue weighted by Gasteiger charge is 2.17. The van der Waals surface area contributed by atoms with Gasteiger partial charge in [-0.2, -0.15) is 5.01 Å². The summed E-state index contributed by atoms with van der Waals surface area (Å²) in [6, 6.07) is 0.483. The lowest BCUT2D eigenvalue weighted by Gasteiger charge is -2.30. The van der Waals surface area contributed by atoms with E-state index in [1.807, 2.05) is 5.01 Å². The average molecular weight is 130 g/mol. The molecule has 0 radical (unpaired) electrons. The Morgan fingerprint density at radius 1 is 1.56 bits per heavy atom. The molecule has 9 heavy (non-hydrogen) atoms. The first-order valence-electron chi connectivity index (χ1n) is 3.55. The third-order valence-corrected chi connectivity index (χ3v) is 1.99. The minimum atomic E-state index is 0.483. The fourth-order valence-corrected chi connectivity index (χ4v) is 1.28. The van der Waals surface area contributed by atoms with E-state index in [-0.39, 0.29) is 0 Å². The molecule has 3 nitrogen and oxygen atoms in total. The van der Waals surface area contributed by atoms with Gasteiger partial charge in [0.2, 0.25) is 0 Å². The van der Waals surface area contributed by atoms with Crippen molar-refractivity contribution < 1.29 is 5.59 Å². The number of hydrogen-bond acceptors (Lipinski definition) is 2. The standard InChI is InChI=1S/C6H14N2O/c1-6-4-2-3-5-8(6)7-9/h6H,2-5,7H2,1H3. The van der Waals surface area contributed by atoms with Crippen LogP contribution in [0.5, 0.6) is 0 Å². The van der Waals surface area contributed by atoms with Crippen LogP contribution >= 0.6 is 0 Å². The molecule has 0 aromatic carbocycles. The van der Waals surface area contributed by atoms with Gasteiger partial charge >= 0.3 is 0 Å². The number of piperidine rings is 1. The van der Waals surface area contributed by atoms with Crippen LogP contribution in [0.15, 0.2) is 0 Å². The number of nitrogens with two attached hydrogens (primary N) is 1. The Balaban J connectivity index is 2.30. The summed E-state index contributed by atoms with van der Waals surface area (Å²) in [6.45, 7) is 3.07. The Kier molecular flexibility index (Phi) is 2.45. The SMILES string of the molecule is CC1CCCCN1[NH2+][O-]. The van der Waals surface area contributed by atoms with Gasteiger partial charge < -0.3 is 10.8 Å². The lowest BCUT2D eigenvalue weighted by molar-refractivity contribution is -0.761. The molecule has 1 saturated heterocycles. The normalized spacial score (nSPS) is 30.7. The smallest absolute Gasteiger partial charge is 0.0560 e. The molecule has 0 saturated carbocycles. The van der Waals surface area contributed by atoms with Crippen molar-refractivity contribution in [2.75, 3.05) is 6.54 Å².